The number of para-hydroxylation sites is 1. The van der Waals surface area contributed by atoms with Crippen LogP contribution in [0.4, 0.5) is 0 Å². The third-order valence-corrected chi connectivity index (χ3v) is 3.45. The predicted octanol–water partition coefficient (Wildman–Crippen LogP) is 3.47. The number of aryl methyl sites for hydroxylation is 1. The average Bonchev–Trinajstić information content (AvgIpc) is 2.52. The van der Waals surface area contributed by atoms with Crippen LogP contribution in [0.2, 0.25) is 5.02 Å². The zero-order valence-corrected chi connectivity index (χ0v) is 13.3. The summed E-state index contributed by atoms with van der Waals surface area (Å²) in [7, 11) is 1.61. The fraction of sp³-hybridized carbons (Fsp3) is 0.235. The highest BCUT2D eigenvalue weighted by atomic mass is 35.5. The third kappa shape index (κ3) is 4.15. The van der Waals surface area contributed by atoms with Crippen LogP contribution in [0.5, 0.6) is 11.5 Å². The first-order chi connectivity index (χ1) is 10.6. The molecule has 0 unspecified atom stereocenters. The highest BCUT2D eigenvalue weighted by molar-refractivity contribution is 6.32. The molecule has 5 heteroatoms. The topological polar surface area (TPSA) is 47.6 Å². The predicted molar refractivity (Wildman–Crippen MR) is 87.0 cm³/mol. The maximum atomic E-state index is 12.0. The molecule has 0 bridgehead atoms. The number of nitrogens with one attached hydrogen (secondary N) is 1. The van der Waals surface area contributed by atoms with Crippen LogP contribution < -0.4 is 14.8 Å². The molecule has 0 aliphatic rings. The Balaban J connectivity index is 1.83. The highest BCUT2D eigenvalue weighted by Crippen LogP contribution is 2.22. The molecule has 0 radical (unpaired) electrons. The van der Waals surface area contributed by atoms with Crippen LogP contribution in [0, 0.1) is 6.92 Å². The highest BCUT2D eigenvalue weighted by Gasteiger charge is 2.07. The summed E-state index contributed by atoms with van der Waals surface area (Å²) < 4.78 is 10.7. The number of methoxy groups -OCH3 is 1. The quantitative estimate of drug-likeness (QED) is 0.829. The molecule has 0 aliphatic carbocycles. The monoisotopic (exact) mass is 319 g/mol. The number of carbonyl (C=O) groups excluding carboxylic acids is 1. The van der Waals surface area contributed by atoms with E-state index in [1.54, 1.807) is 37.4 Å². The van der Waals surface area contributed by atoms with Gasteiger partial charge in [-0.05, 0) is 42.8 Å². The van der Waals surface area contributed by atoms with E-state index >= 15 is 0 Å². The molecular weight excluding hydrogens is 302 g/mol. The van der Waals surface area contributed by atoms with Gasteiger partial charge < -0.3 is 14.8 Å². The minimum atomic E-state index is -0.145. The third-order valence-electron chi connectivity index (χ3n) is 3.14. The molecule has 0 aromatic heterocycles. The van der Waals surface area contributed by atoms with E-state index in [1.165, 1.54) is 0 Å². The lowest BCUT2D eigenvalue weighted by Gasteiger charge is -2.10. The lowest BCUT2D eigenvalue weighted by molar-refractivity contribution is 0.0947. The van der Waals surface area contributed by atoms with E-state index in [4.69, 9.17) is 21.1 Å². The van der Waals surface area contributed by atoms with Crippen LogP contribution >= 0.6 is 11.6 Å². The molecule has 0 aliphatic heterocycles. The first-order valence-corrected chi connectivity index (χ1v) is 7.30. The van der Waals surface area contributed by atoms with Crippen molar-refractivity contribution in [3.8, 4) is 11.5 Å². The van der Waals surface area contributed by atoms with Crippen molar-refractivity contribution in [2.45, 2.75) is 6.92 Å². The van der Waals surface area contributed by atoms with Crippen LogP contribution in [0.15, 0.2) is 42.5 Å². The van der Waals surface area contributed by atoms with Gasteiger partial charge in [-0.15, -0.1) is 0 Å². The second-order valence-corrected chi connectivity index (χ2v) is 5.13. The maximum absolute atomic E-state index is 12.0. The van der Waals surface area contributed by atoms with Gasteiger partial charge in [-0.25, -0.2) is 0 Å². The Hall–Kier alpha value is -2.20. The Morgan fingerprint density at radius 1 is 1.18 bits per heavy atom. The van der Waals surface area contributed by atoms with Crippen molar-refractivity contribution in [2.24, 2.45) is 0 Å². The van der Waals surface area contributed by atoms with Gasteiger partial charge in [0, 0.05) is 5.56 Å². The van der Waals surface area contributed by atoms with E-state index in [9.17, 15) is 4.79 Å². The van der Waals surface area contributed by atoms with Crippen molar-refractivity contribution >= 4 is 17.5 Å². The normalized spacial score (nSPS) is 10.1. The summed E-state index contributed by atoms with van der Waals surface area (Å²) in [6, 6.07) is 12.5. The van der Waals surface area contributed by atoms with Gasteiger partial charge in [0.05, 0.1) is 18.7 Å². The van der Waals surface area contributed by atoms with Gasteiger partial charge in [-0.2, -0.15) is 0 Å². The summed E-state index contributed by atoms with van der Waals surface area (Å²) in [5, 5.41) is 3.36. The Kier molecular flexibility index (Phi) is 5.67. The molecule has 2 rings (SSSR count). The number of amides is 1. The van der Waals surface area contributed by atoms with Gasteiger partial charge in [0.25, 0.3) is 5.91 Å². The second kappa shape index (κ2) is 7.71. The van der Waals surface area contributed by atoms with Crippen LogP contribution in [0.1, 0.15) is 15.9 Å². The van der Waals surface area contributed by atoms with Gasteiger partial charge in [-0.1, -0.05) is 23.7 Å². The Bertz CT molecular complexity index is 658. The molecule has 22 heavy (non-hydrogen) atoms. The second-order valence-electron chi connectivity index (χ2n) is 4.72. The van der Waals surface area contributed by atoms with E-state index in [2.05, 4.69) is 5.32 Å². The van der Waals surface area contributed by atoms with E-state index in [0.717, 1.165) is 11.3 Å². The molecule has 2 aromatic rings. The maximum Gasteiger partial charge on any atom is 0.251 e. The molecule has 0 atom stereocenters. The fourth-order valence-electron chi connectivity index (χ4n) is 2.01. The lowest BCUT2D eigenvalue weighted by Crippen LogP contribution is -2.28. The number of hydrogen-bond acceptors (Lipinski definition) is 3. The number of rotatable bonds is 6. The summed E-state index contributed by atoms with van der Waals surface area (Å²) in [6.45, 7) is 2.65. The Labute approximate surface area is 135 Å². The number of carbonyl (C=O) groups is 1. The fourth-order valence-corrected chi connectivity index (χ4v) is 2.20. The van der Waals surface area contributed by atoms with Crippen molar-refractivity contribution in [1.29, 1.82) is 0 Å². The van der Waals surface area contributed by atoms with Crippen LogP contribution in [-0.4, -0.2) is 26.2 Å². The van der Waals surface area contributed by atoms with Gasteiger partial charge in [-0.3, -0.25) is 4.79 Å². The van der Waals surface area contributed by atoms with Crippen molar-refractivity contribution in [3.63, 3.8) is 0 Å². The summed E-state index contributed by atoms with van der Waals surface area (Å²) in [5.74, 6) is 1.23. The lowest BCUT2D eigenvalue weighted by atomic mass is 10.1. The summed E-state index contributed by atoms with van der Waals surface area (Å²) in [6.07, 6.45) is 0. The minimum absolute atomic E-state index is 0.145. The Morgan fingerprint density at radius 3 is 2.64 bits per heavy atom. The van der Waals surface area contributed by atoms with Crippen LogP contribution in [0.25, 0.3) is 0 Å². The molecular formula is C17H18ClNO3. The van der Waals surface area contributed by atoms with Gasteiger partial charge in [0.1, 0.15) is 18.1 Å². The zero-order valence-electron chi connectivity index (χ0n) is 12.6. The first kappa shape index (κ1) is 16.2. The SMILES string of the molecule is COc1ccc(C(=O)NCCOc2ccccc2Cl)cc1C. The standard InChI is InChI=1S/C17H18ClNO3/c1-12-11-13(7-8-15(12)21-2)17(20)19-9-10-22-16-6-4-3-5-14(16)18/h3-8,11H,9-10H2,1-2H3,(H,19,20). The molecule has 0 spiro atoms. The summed E-state index contributed by atoms with van der Waals surface area (Å²) >= 11 is 5.98. The molecule has 0 heterocycles. The van der Waals surface area contributed by atoms with Crippen LogP contribution in [-0.2, 0) is 0 Å². The van der Waals surface area contributed by atoms with Crippen molar-refractivity contribution in [1.82, 2.24) is 5.32 Å². The molecule has 2 aromatic carbocycles. The Morgan fingerprint density at radius 2 is 1.95 bits per heavy atom. The molecule has 4 nitrogen and oxygen atoms in total. The number of hydrogen-bond donors (Lipinski definition) is 1. The van der Waals surface area contributed by atoms with E-state index in [-0.39, 0.29) is 5.91 Å². The number of benzene rings is 2. The van der Waals surface area contributed by atoms with E-state index in [1.807, 2.05) is 19.1 Å². The first-order valence-electron chi connectivity index (χ1n) is 6.92. The van der Waals surface area contributed by atoms with Gasteiger partial charge in [0.15, 0.2) is 0 Å². The number of ether oxygens (including phenoxy) is 2. The molecule has 0 saturated carbocycles. The van der Waals surface area contributed by atoms with Crippen molar-refractivity contribution in [2.75, 3.05) is 20.3 Å². The summed E-state index contributed by atoms with van der Waals surface area (Å²) in [4.78, 5) is 12.0. The van der Waals surface area contributed by atoms with Crippen molar-refractivity contribution < 1.29 is 14.3 Å². The molecule has 0 saturated heterocycles. The van der Waals surface area contributed by atoms with Gasteiger partial charge in [0.2, 0.25) is 0 Å². The molecule has 1 amide bonds. The van der Waals surface area contributed by atoms with Crippen molar-refractivity contribution in [3.05, 3.63) is 58.6 Å². The molecule has 0 fully saturated rings. The van der Waals surface area contributed by atoms with Gasteiger partial charge >= 0.3 is 0 Å². The smallest absolute Gasteiger partial charge is 0.251 e. The largest absolute Gasteiger partial charge is 0.496 e. The van der Waals surface area contributed by atoms with Crippen LogP contribution in [0.3, 0.4) is 0 Å². The zero-order chi connectivity index (χ0) is 15.9. The average molecular weight is 320 g/mol. The molecule has 116 valence electrons. The number of halogens is 1. The summed E-state index contributed by atoms with van der Waals surface area (Å²) in [5.41, 5.74) is 1.51. The van der Waals surface area contributed by atoms with E-state index < -0.39 is 0 Å². The minimum Gasteiger partial charge on any atom is -0.496 e. The van der Waals surface area contributed by atoms with E-state index in [0.29, 0.717) is 29.5 Å². The molecule has 1 N–H and O–H groups in total.